The van der Waals surface area contributed by atoms with E-state index in [0.717, 1.165) is 16.4 Å². The number of aromatic nitrogens is 4. The van der Waals surface area contributed by atoms with Crippen molar-refractivity contribution in [2.45, 2.75) is 11.8 Å². The van der Waals surface area contributed by atoms with Gasteiger partial charge >= 0.3 is 5.97 Å². The van der Waals surface area contributed by atoms with E-state index in [2.05, 4.69) is 20.0 Å². The van der Waals surface area contributed by atoms with Gasteiger partial charge in [0.2, 0.25) is 5.89 Å². The molecule has 10 heteroatoms. The summed E-state index contributed by atoms with van der Waals surface area (Å²) in [4.78, 5) is 35.5. The van der Waals surface area contributed by atoms with E-state index in [9.17, 15) is 14.4 Å². The highest BCUT2D eigenvalue weighted by atomic mass is 32.2. The van der Waals surface area contributed by atoms with Crippen LogP contribution in [0.1, 0.15) is 5.89 Å². The molecule has 0 spiro atoms. The Kier molecular flexibility index (Phi) is 4.47. The van der Waals surface area contributed by atoms with Crippen molar-refractivity contribution in [1.82, 2.24) is 20.0 Å². The molecule has 0 aliphatic heterocycles. The molecule has 3 aromatic rings. The summed E-state index contributed by atoms with van der Waals surface area (Å²) in [6, 6.07) is 6.52. The van der Waals surface area contributed by atoms with E-state index >= 15 is 0 Å². The van der Waals surface area contributed by atoms with E-state index in [4.69, 9.17) is 4.42 Å². The highest BCUT2D eigenvalue weighted by molar-refractivity contribution is 7.99. The zero-order valence-electron chi connectivity index (χ0n) is 12.5. The highest BCUT2D eigenvalue weighted by Gasteiger charge is 2.12. The SMILES string of the molecule is COC(=O)CSc1nnc(Cn2[nH]c(=O)c3ccccc3c2=O)o1. The number of nitrogens with one attached hydrogen (secondary N) is 1. The third kappa shape index (κ3) is 3.23. The van der Waals surface area contributed by atoms with Gasteiger partial charge in [0.15, 0.2) is 0 Å². The van der Waals surface area contributed by atoms with E-state index in [1.807, 2.05) is 0 Å². The zero-order valence-corrected chi connectivity index (χ0v) is 13.3. The molecule has 0 saturated carbocycles. The molecule has 0 saturated heterocycles. The molecule has 0 bridgehead atoms. The van der Waals surface area contributed by atoms with Crippen molar-refractivity contribution in [3.63, 3.8) is 0 Å². The summed E-state index contributed by atoms with van der Waals surface area (Å²) in [7, 11) is 1.28. The van der Waals surface area contributed by atoms with Crippen LogP contribution in [0.4, 0.5) is 0 Å². The highest BCUT2D eigenvalue weighted by Crippen LogP contribution is 2.16. The molecule has 24 heavy (non-hydrogen) atoms. The maximum atomic E-state index is 12.4. The van der Waals surface area contributed by atoms with Crippen LogP contribution in [0.3, 0.4) is 0 Å². The molecule has 124 valence electrons. The molecule has 2 heterocycles. The number of nitrogens with zero attached hydrogens (tertiary/aromatic N) is 3. The zero-order chi connectivity index (χ0) is 17.1. The molecule has 0 atom stereocenters. The van der Waals surface area contributed by atoms with E-state index in [0.29, 0.717) is 10.8 Å². The predicted molar refractivity (Wildman–Crippen MR) is 85.0 cm³/mol. The van der Waals surface area contributed by atoms with Crippen molar-refractivity contribution in [3.8, 4) is 0 Å². The fourth-order valence-corrected chi connectivity index (χ4v) is 2.65. The van der Waals surface area contributed by atoms with Gasteiger partial charge in [0.1, 0.15) is 12.3 Å². The number of H-pyrrole nitrogens is 1. The van der Waals surface area contributed by atoms with Crippen molar-refractivity contribution in [3.05, 3.63) is 50.9 Å². The third-order valence-electron chi connectivity index (χ3n) is 3.17. The molecule has 3 rings (SSSR count). The number of esters is 1. The second-order valence-electron chi connectivity index (χ2n) is 4.70. The van der Waals surface area contributed by atoms with Gasteiger partial charge in [-0.1, -0.05) is 23.9 Å². The van der Waals surface area contributed by atoms with Gasteiger partial charge in [-0.05, 0) is 12.1 Å². The summed E-state index contributed by atoms with van der Waals surface area (Å²) < 4.78 is 11.0. The summed E-state index contributed by atoms with van der Waals surface area (Å²) in [5, 5.41) is 10.8. The Hall–Kier alpha value is -2.88. The Morgan fingerprint density at radius 2 is 2.04 bits per heavy atom. The van der Waals surface area contributed by atoms with E-state index in [1.54, 1.807) is 24.3 Å². The number of aromatic amines is 1. The summed E-state index contributed by atoms with van der Waals surface area (Å²) in [6.45, 7) is -0.0787. The topological polar surface area (TPSA) is 120 Å². The van der Waals surface area contributed by atoms with Crippen molar-refractivity contribution in [2.75, 3.05) is 12.9 Å². The molecule has 0 amide bonds. The number of hydrogen-bond acceptors (Lipinski definition) is 8. The first kappa shape index (κ1) is 16.0. The second kappa shape index (κ2) is 6.71. The number of hydrogen-bond donors (Lipinski definition) is 1. The number of methoxy groups -OCH3 is 1. The van der Waals surface area contributed by atoms with E-state index < -0.39 is 5.97 Å². The Morgan fingerprint density at radius 1 is 1.29 bits per heavy atom. The van der Waals surface area contributed by atoms with Gasteiger partial charge < -0.3 is 9.15 Å². The predicted octanol–water partition coefficient (Wildman–Crippen LogP) is 0.386. The molecule has 0 fully saturated rings. The molecule has 9 nitrogen and oxygen atoms in total. The van der Waals surface area contributed by atoms with Crippen LogP contribution >= 0.6 is 11.8 Å². The molecule has 0 unspecified atom stereocenters. The van der Waals surface area contributed by atoms with Gasteiger partial charge in [-0.3, -0.25) is 19.5 Å². The molecule has 0 radical (unpaired) electrons. The van der Waals surface area contributed by atoms with Crippen LogP contribution in [0.2, 0.25) is 0 Å². The van der Waals surface area contributed by atoms with Gasteiger partial charge in [0.25, 0.3) is 16.3 Å². The Labute approximate surface area is 138 Å². The van der Waals surface area contributed by atoms with Gasteiger partial charge in [-0.2, -0.15) is 0 Å². The van der Waals surface area contributed by atoms with Crippen molar-refractivity contribution < 1.29 is 13.9 Å². The Morgan fingerprint density at radius 3 is 2.79 bits per heavy atom. The van der Waals surface area contributed by atoms with Gasteiger partial charge in [0, 0.05) is 0 Å². The lowest BCUT2D eigenvalue weighted by molar-refractivity contribution is -0.137. The Bertz CT molecular complexity index is 1010. The standard InChI is InChI=1S/C14H12N4O5S/c1-22-11(19)7-24-14-16-15-10(23-14)6-18-13(21)9-5-3-2-4-8(9)12(20)17-18/h2-5H,6-7H2,1H3,(H,17,20). The molecule has 0 aliphatic carbocycles. The average molecular weight is 348 g/mol. The molecular formula is C14H12N4O5S. The average Bonchev–Trinajstić information content (AvgIpc) is 3.05. The summed E-state index contributed by atoms with van der Waals surface area (Å²) in [5.74, 6) is -0.254. The number of carbonyl (C=O) groups is 1. The van der Waals surface area contributed by atoms with Crippen molar-refractivity contribution in [2.24, 2.45) is 0 Å². The first-order chi connectivity index (χ1) is 11.6. The van der Waals surface area contributed by atoms with Crippen molar-refractivity contribution >= 4 is 28.5 Å². The second-order valence-corrected chi connectivity index (χ2v) is 5.63. The minimum absolute atomic E-state index is 0.0326. The summed E-state index contributed by atoms with van der Waals surface area (Å²) >= 11 is 1.02. The Balaban J connectivity index is 1.84. The van der Waals surface area contributed by atoms with Crippen LogP contribution in [-0.2, 0) is 16.1 Å². The monoisotopic (exact) mass is 348 g/mol. The van der Waals surface area contributed by atoms with Crippen molar-refractivity contribution in [1.29, 1.82) is 0 Å². The van der Waals surface area contributed by atoms with Crippen LogP contribution in [0.25, 0.3) is 10.8 Å². The van der Waals surface area contributed by atoms with Crippen LogP contribution in [-0.4, -0.2) is 38.8 Å². The van der Waals surface area contributed by atoms with Crippen LogP contribution in [0, 0.1) is 0 Å². The fourth-order valence-electron chi connectivity index (χ4n) is 2.03. The number of rotatable bonds is 5. The van der Waals surface area contributed by atoms with E-state index in [1.165, 1.54) is 7.11 Å². The molecule has 1 aromatic carbocycles. The molecule has 1 N–H and O–H groups in total. The van der Waals surface area contributed by atoms with Crippen LogP contribution in [0.15, 0.2) is 43.5 Å². The number of benzene rings is 1. The molecule has 0 aliphatic rings. The van der Waals surface area contributed by atoms with Crippen LogP contribution < -0.4 is 11.1 Å². The largest absolute Gasteiger partial charge is 0.468 e. The number of thioether (sulfide) groups is 1. The fraction of sp³-hybridized carbons (Fsp3) is 0.214. The quantitative estimate of drug-likeness (QED) is 0.519. The lowest BCUT2D eigenvalue weighted by Crippen LogP contribution is -2.30. The summed E-state index contributed by atoms with van der Waals surface area (Å²) in [5.41, 5.74) is -0.753. The molecular weight excluding hydrogens is 336 g/mol. The van der Waals surface area contributed by atoms with E-state index in [-0.39, 0.29) is 34.5 Å². The lowest BCUT2D eigenvalue weighted by Gasteiger charge is -2.04. The van der Waals surface area contributed by atoms with Gasteiger partial charge in [-0.25, -0.2) is 4.68 Å². The minimum Gasteiger partial charge on any atom is -0.468 e. The van der Waals surface area contributed by atoms with Gasteiger partial charge in [-0.15, -0.1) is 10.2 Å². The summed E-state index contributed by atoms with van der Waals surface area (Å²) in [6.07, 6.45) is 0. The van der Waals surface area contributed by atoms with Crippen LogP contribution in [0.5, 0.6) is 0 Å². The first-order valence-electron chi connectivity index (χ1n) is 6.82. The maximum absolute atomic E-state index is 12.4. The molecule has 2 aromatic heterocycles. The smallest absolute Gasteiger partial charge is 0.316 e. The minimum atomic E-state index is -0.421. The lowest BCUT2D eigenvalue weighted by atomic mass is 10.2. The number of carbonyl (C=O) groups excluding carboxylic acids is 1. The number of fused-ring (bicyclic) bond motifs is 1. The number of ether oxygens (including phenoxy) is 1. The first-order valence-corrected chi connectivity index (χ1v) is 7.81. The maximum Gasteiger partial charge on any atom is 0.316 e. The van der Waals surface area contributed by atoms with Gasteiger partial charge in [0.05, 0.1) is 17.9 Å². The normalized spacial score (nSPS) is 10.9. The third-order valence-corrected chi connectivity index (χ3v) is 3.96.